The summed E-state index contributed by atoms with van der Waals surface area (Å²) in [6.07, 6.45) is 57.8. The maximum atomic E-state index is 12.8. The molecule has 1 unspecified atom stereocenters. The first-order valence-corrected chi connectivity index (χ1v) is 27.7. The molecule has 0 amide bonds. The van der Waals surface area contributed by atoms with Crippen LogP contribution in [0, 0.1) is 0 Å². The summed E-state index contributed by atoms with van der Waals surface area (Å²) in [5, 5.41) is 0. The van der Waals surface area contributed by atoms with Crippen LogP contribution in [0.5, 0.6) is 0 Å². The maximum Gasteiger partial charge on any atom is 0.306 e. The van der Waals surface area contributed by atoms with E-state index in [1.807, 2.05) is 0 Å². The van der Waals surface area contributed by atoms with E-state index in [0.717, 1.165) is 77.0 Å². The molecule has 0 aliphatic heterocycles. The molecule has 0 radical (unpaired) electrons. The Morgan fingerprint density at radius 3 is 0.855 bits per heavy atom. The summed E-state index contributed by atoms with van der Waals surface area (Å²) in [6, 6.07) is 0. The van der Waals surface area contributed by atoms with Gasteiger partial charge in [0, 0.05) is 19.3 Å². The molecule has 0 aromatic rings. The zero-order chi connectivity index (χ0) is 45.1. The van der Waals surface area contributed by atoms with Gasteiger partial charge in [0.1, 0.15) is 13.2 Å². The summed E-state index contributed by atoms with van der Waals surface area (Å²) in [6.45, 7) is 6.64. The van der Waals surface area contributed by atoms with Gasteiger partial charge in [0.15, 0.2) is 6.10 Å². The van der Waals surface area contributed by atoms with Crippen molar-refractivity contribution in [3.8, 4) is 0 Å². The molecular weight excluding hydrogens is 769 g/mol. The summed E-state index contributed by atoms with van der Waals surface area (Å²) in [7, 11) is 0. The molecule has 6 nitrogen and oxygen atoms in total. The standard InChI is InChI=1S/C56H106O6/c1-4-7-10-13-16-19-22-24-26-28-30-32-34-37-40-43-46-49-55(58)61-52-53(51-60-54(57)48-45-42-39-36-21-18-15-12-9-6-3)62-56(59)50-47-44-41-38-35-33-31-29-27-25-23-20-17-14-11-8-5-2/h15,18,53H,4-14,16-17,19-52H2,1-3H3/b18-15-. The summed E-state index contributed by atoms with van der Waals surface area (Å²) < 4.78 is 16.8. The van der Waals surface area contributed by atoms with E-state index >= 15 is 0 Å². The average Bonchev–Trinajstić information content (AvgIpc) is 3.27. The minimum absolute atomic E-state index is 0.0678. The molecule has 366 valence electrons. The van der Waals surface area contributed by atoms with Crippen LogP contribution < -0.4 is 0 Å². The van der Waals surface area contributed by atoms with E-state index in [-0.39, 0.29) is 31.1 Å². The molecule has 0 aliphatic carbocycles. The van der Waals surface area contributed by atoms with Crippen LogP contribution in [0.15, 0.2) is 12.2 Å². The highest BCUT2D eigenvalue weighted by Gasteiger charge is 2.19. The molecule has 0 aromatic carbocycles. The van der Waals surface area contributed by atoms with E-state index in [1.165, 1.54) is 193 Å². The van der Waals surface area contributed by atoms with Crippen molar-refractivity contribution in [1.29, 1.82) is 0 Å². The van der Waals surface area contributed by atoms with Gasteiger partial charge >= 0.3 is 17.9 Å². The van der Waals surface area contributed by atoms with Crippen molar-refractivity contribution in [2.75, 3.05) is 13.2 Å². The van der Waals surface area contributed by atoms with Gasteiger partial charge in [0.2, 0.25) is 0 Å². The van der Waals surface area contributed by atoms with Crippen molar-refractivity contribution >= 4 is 17.9 Å². The molecule has 0 fully saturated rings. The van der Waals surface area contributed by atoms with Gasteiger partial charge in [-0.05, 0) is 38.5 Å². The fraction of sp³-hybridized carbons (Fsp3) is 0.911. The summed E-state index contributed by atoms with van der Waals surface area (Å²) in [4.78, 5) is 38.0. The summed E-state index contributed by atoms with van der Waals surface area (Å²) in [5.41, 5.74) is 0. The van der Waals surface area contributed by atoms with Crippen molar-refractivity contribution in [3.63, 3.8) is 0 Å². The number of rotatable bonds is 51. The molecule has 0 N–H and O–H groups in total. The second kappa shape index (κ2) is 51.8. The lowest BCUT2D eigenvalue weighted by Gasteiger charge is -2.18. The smallest absolute Gasteiger partial charge is 0.306 e. The van der Waals surface area contributed by atoms with Gasteiger partial charge in [-0.2, -0.15) is 0 Å². The predicted octanol–water partition coefficient (Wildman–Crippen LogP) is 18.2. The second-order valence-electron chi connectivity index (χ2n) is 18.9. The molecule has 0 saturated heterocycles. The SMILES string of the molecule is CCCC/C=C\CCCCCCC(=O)OCC(COC(=O)CCCCCCCCCCCCCCCCCCC)OC(=O)CCCCCCCCCCCCCCCCCCC. The number of carbonyl (C=O) groups is 3. The summed E-state index contributed by atoms with van der Waals surface area (Å²) >= 11 is 0. The Labute approximate surface area is 386 Å². The van der Waals surface area contributed by atoms with Crippen molar-refractivity contribution in [2.24, 2.45) is 0 Å². The van der Waals surface area contributed by atoms with Crippen LogP contribution in [0.1, 0.15) is 310 Å². The second-order valence-corrected chi connectivity index (χ2v) is 18.9. The molecule has 0 heterocycles. The predicted molar refractivity (Wildman–Crippen MR) is 266 cm³/mol. The maximum absolute atomic E-state index is 12.8. The largest absolute Gasteiger partial charge is 0.462 e. The number of ether oxygens (including phenoxy) is 3. The van der Waals surface area contributed by atoms with Crippen LogP contribution in [0.3, 0.4) is 0 Å². The Kier molecular flexibility index (Phi) is 50.2. The van der Waals surface area contributed by atoms with Gasteiger partial charge < -0.3 is 14.2 Å². The van der Waals surface area contributed by atoms with Gasteiger partial charge in [0.05, 0.1) is 0 Å². The molecule has 0 aromatic heterocycles. The minimum Gasteiger partial charge on any atom is -0.462 e. The third kappa shape index (κ3) is 49.2. The molecule has 0 rings (SSSR count). The highest BCUT2D eigenvalue weighted by Crippen LogP contribution is 2.17. The first-order chi connectivity index (χ1) is 30.5. The lowest BCUT2D eigenvalue weighted by Crippen LogP contribution is -2.30. The number of esters is 3. The van der Waals surface area contributed by atoms with Crippen LogP contribution >= 0.6 is 0 Å². The molecule has 0 spiro atoms. The Morgan fingerprint density at radius 1 is 0.306 bits per heavy atom. The monoisotopic (exact) mass is 875 g/mol. The van der Waals surface area contributed by atoms with Crippen LogP contribution in [-0.4, -0.2) is 37.2 Å². The van der Waals surface area contributed by atoms with E-state index in [0.29, 0.717) is 19.3 Å². The van der Waals surface area contributed by atoms with E-state index in [4.69, 9.17) is 14.2 Å². The minimum atomic E-state index is -0.767. The summed E-state index contributed by atoms with van der Waals surface area (Å²) in [5.74, 6) is -0.861. The van der Waals surface area contributed by atoms with Crippen LogP contribution in [0.4, 0.5) is 0 Å². The Morgan fingerprint density at radius 2 is 0.548 bits per heavy atom. The lowest BCUT2D eigenvalue weighted by molar-refractivity contribution is -0.167. The van der Waals surface area contributed by atoms with Crippen molar-refractivity contribution < 1.29 is 28.6 Å². The normalized spacial score (nSPS) is 12.0. The molecular formula is C56H106O6. The molecule has 0 bridgehead atoms. The van der Waals surface area contributed by atoms with Crippen molar-refractivity contribution in [2.45, 2.75) is 316 Å². The van der Waals surface area contributed by atoms with E-state index in [1.54, 1.807) is 0 Å². The highest BCUT2D eigenvalue weighted by molar-refractivity contribution is 5.71. The average molecular weight is 875 g/mol. The quantitative estimate of drug-likeness (QED) is 0.0262. The number of hydrogen-bond acceptors (Lipinski definition) is 6. The highest BCUT2D eigenvalue weighted by atomic mass is 16.6. The Hall–Kier alpha value is -1.85. The third-order valence-electron chi connectivity index (χ3n) is 12.5. The molecule has 6 heteroatoms. The van der Waals surface area contributed by atoms with Gasteiger partial charge in [-0.15, -0.1) is 0 Å². The van der Waals surface area contributed by atoms with E-state index in [2.05, 4.69) is 32.9 Å². The van der Waals surface area contributed by atoms with Crippen LogP contribution in [-0.2, 0) is 28.6 Å². The lowest BCUT2D eigenvalue weighted by atomic mass is 10.0. The molecule has 0 saturated carbocycles. The fourth-order valence-electron chi connectivity index (χ4n) is 8.31. The molecule has 62 heavy (non-hydrogen) atoms. The Bertz CT molecular complexity index is 962. The van der Waals surface area contributed by atoms with Crippen molar-refractivity contribution in [3.05, 3.63) is 12.2 Å². The van der Waals surface area contributed by atoms with Crippen LogP contribution in [0.25, 0.3) is 0 Å². The first kappa shape index (κ1) is 60.2. The van der Waals surface area contributed by atoms with Crippen molar-refractivity contribution in [1.82, 2.24) is 0 Å². The number of hydrogen-bond donors (Lipinski definition) is 0. The van der Waals surface area contributed by atoms with Crippen LogP contribution in [0.2, 0.25) is 0 Å². The zero-order valence-electron chi connectivity index (χ0n) is 41.9. The number of carbonyl (C=O) groups excluding carboxylic acids is 3. The Balaban J connectivity index is 4.26. The van der Waals surface area contributed by atoms with Gasteiger partial charge in [-0.25, -0.2) is 0 Å². The fourth-order valence-corrected chi connectivity index (χ4v) is 8.31. The zero-order valence-corrected chi connectivity index (χ0v) is 41.9. The van der Waals surface area contributed by atoms with Gasteiger partial charge in [-0.3, -0.25) is 14.4 Å². The molecule has 1 atom stereocenters. The third-order valence-corrected chi connectivity index (χ3v) is 12.5. The van der Waals surface area contributed by atoms with E-state index in [9.17, 15) is 14.4 Å². The number of unbranched alkanes of at least 4 members (excludes halogenated alkanes) is 38. The van der Waals surface area contributed by atoms with Gasteiger partial charge in [-0.1, -0.05) is 264 Å². The first-order valence-electron chi connectivity index (χ1n) is 27.7. The number of allylic oxidation sites excluding steroid dienone is 2. The topological polar surface area (TPSA) is 78.9 Å². The molecule has 0 aliphatic rings. The van der Waals surface area contributed by atoms with E-state index < -0.39 is 6.10 Å². The van der Waals surface area contributed by atoms with Gasteiger partial charge in [0.25, 0.3) is 0 Å².